The summed E-state index contributed by atoms with van der Waals surface area (Å²) in [6, 6.07) is 0. The van der Waals surface area contributed by atoms with Crippen molar-refractivity contribution in [1.82, 2.24) is 0 Å². The zero-order chi connectivity index (χ0) is 15.2. The molecule has 0 aromatic rings. The van der Waals surface area contributed by atoms with Crippen molar-refractivity contribution in [1.29, 1.82) is 0 Å². The summed E-state index contributed by atoms with van der Waals surface area (Å²) < 4.78 is 0.683. The van der Waals surface area contributed by atoms with Crippen molar-refractivity contribution in [3.8, 4) is 0 Å². The Bertz CT molecular complexity index is 574. The first-order valence-electron chi connectivity index (χ1n) is 9.36. The maximum atomic E-state index is 11.9. The second-order valence-corrected chi connectivity index (χ2v) is 10.6. The van der Waals surface area contributed by atoms with E-state index >= 15 is 0 Å². The molecule has 1 nitrogen and oxygen atoms in total. The van der Waals surface area contributed by atoms with Crippen LogP contribution in [0.4, 0.5) is 0 Å². The number of hydrogen-bond acceptors (Lipinski definition) is 2. The standard InChI is InChI=1S/C20H28OS/c1-18-8-5-14(21)11-13(18)3-4-15-16(18)6-9-19(2)17(15)7-10-20(19)12-22-20/h11,15-17H,3-10,12H2,1-2H3/t15-,16-,17+,18-,19-,20-/m0/s1. The molecule has 0 N–H and O–H groups in total. The SMILES string of the molecule is C[C@]12CCC(=O)C=C1CC[C@@H]1[C@H]3CC[C@]4(CS4)[C@@]3(C)CC[C@@H]12. The molecule has 0 amide bonds. The van der Waals surface area contributed by atoms with Gasteiger partial charge in [0.05, 0.1) is 0 Å². The number of carbonyl (C=O) groups is 1. The number of ketones is 1. The number of hydrogen-bond donors (Lipinski definition) is 0. The summed E-state index contributed by atoms with van der Waals surface area (Å²) in [5, 5.41) is 0. The van der Waals surface area contributed by atoms with Crippen LogP contribution in [0.1, 0.15) is 65.2 Å². The van der Waals surface area contributed by atoms with E-state index in [0.717, 1.165) is 30.6 Å². The number of fused-ring (bicyclic) bond motifs is 6. The molecule has 1 saturated heterocycles. The van der Waals surface area contributed by atoms with E-state index in [2.05, 4.69) is 25.6 Å². The Labute approximate surface area is 138 Å². The highest BCUT2D eigenvalue weighted by Crippen LogP contribution is 2.75. The molecule has 120 valence electrons. The molecule has 4 aliphatic carbocycles. The summed E-state index contributed by atoms with van der Waals surface area (Å²) in [6.45, 7) is 5.14. The number of thioether (sulfide) groups is 1. The van der Waals surface area contributed by atoms with Gasteiger partial charge in [-0.2, -0.15) is 11.8 Å². The molecule has 1 heterocycles. The van der Waals surface area contributed by atoms with Crippen LogP contribution < -0.4 is 0 Å². The molecule has 5 aliphatic rings. The Morgan fingerprint density at radius 3 is 2.59 bits per heavy atom. The van der Waals surface area contributed by atoms with Crippen molar-refractivity contribution >= 4 is 17.5 Å². The van der Waals surface area contributed by atoms with Gasteiger partial charge in [-0.1, -0.05) is 19.4 Å². The van der Waals surface area contributed by atoms with Crippen LogP contribution in [0, 0.1) is 28.6 Å². The third-order valence-electron chi connectivity index (χ3n) is 8.74. The minimum absolute atomic E-state index is 0.352. The Balaban J connectivity index is 1.51. The summed E-state index contributed by atoms with van der Waals surface area (Å²) in [4.78, 5) is 11.9. The fraction of sp³-hybridized carbons (Fsp3) is 0.850. The zero-order valence-electron chi connectivity index (χ0n) is 14.0. The predicted octanol–water partition coefficient (Wildman–Crippen LogP) is 5.00. The Morgan fingerprint density at radius 1 is 1.05 bits per heavy atom. The lowest BCUT2D eigenvalue weighted by Gasteiger charge is -2.58. The molecule has 22 heavy (non-hydrogen) atoms. The number of carbonyl (C=O) groups excluding carboxylic acids is 1. The average molecular weight is 317 g/mol. The fourth-order valence-corrected chi connectivity index (χ4v) is 8.71. The van der Waals surface area contributed by atoms with Gasteiger partial charge in [0.25, 0.3) is 0 Å². The van der Waals surface area contributed by atoms with Crippen LogP contribution in [0.2, 0.25) is 0 Å². The maximum absolute atomic E-state index is 11.9. The van der Waals surface area contributed by atoms with Gasteiger partial charge in [0.2, 0.25) is 0 Å². The van der Waals surface area contributed by atoms with Gasteiger partial charge in [-0.15, -0.1) is 0 Å². The fourth-order valence-electron chi connectivity index (χ4n) is 7.21. The predicted molar refractivity (Wildman–Crippen MR) is 91.9 cm³/mol. The van der Waals surface area contributed by atoms with E-state index in [0.29, 0.717) is 21.4 Å². The second kappa shape index (κ2) is 4.23. The molecule has 6 atom stereocenters. The number of allylic oxidation sites excluding steroid dienone is 1. The molecular formula is C20H28OS. The van der Waals surface area contributed by atoms with Gasteiger partial charge < -0.3 is 0 Å². The Kier molecular flexibility index (Phi) is 2.72. The molecule has 1 aliphatic heterocycles. The Hall–Kier alpha value is -0.240. The van der Waals surface area contributed by atoms with Gasteiger partial charge in [0, 0.05) is 16.9 Å². The highest BCUT2D eigenvalue weighted by molar-refractivity contribution is 8.08. The molecular weight excluding hydrogens is 288 g/mol. The highest BCUT2D eigenvalue weighted by atomic mass is 32.2. The van der Waals surface area contributed by atoms with E-state index in [1.807, 2.05) is 6.08 Å². The van der Waals surface area contributed by atoms with Crippen molar-refractivity contribution in [2.45, 2.75) is 70.0 Å². The summed E-state index contributed by atoms with van der Waals surface area (Å²) in [5.41, 5.74) is 2.49. The highest BCUT2D eigenvalue weighted by Gasteiger charge is 2.68. The minimum Gasteiger partial charge on any atom is -0.295 e. The molecule has 2 heteroatoms. The molecule has 1 spiro atoms. The first kappa shape index (κ1) is 14.1. The van der Waals surface area contributed by atoms with Gasteiger partial charge in [0.1, 0.15) is 0 Å². The zero-order valence-corrected chi connectivity index (χ0v) is 14.8. The minimum atomic E-state index is 0.352. The number of rotatable bonds is 0. The first-order valence-corrected chi connectivity index (χ1v) is 10.3. The first-order chi connectivity index (χ1) is 10.5. The van der Waals surface area contributed by atoms with E-state index < -0.39 is 0 Å². The van der Waals surface area contributed by atoms with Crippen molar-refractivity contribution in [2.75, 3.05) is 5.75 Å². The smallest absolute Gasteiger partial charge is 0.155 e. The summed E-state index contributed by atoms with van der Waals surface area (Å²) in [6.07, 6.45) is 12.4. The molecule has 0 radical (unpaired) electrons. The topological polar surface area (TPSA) is 17.1 Å². The third kappa shape index (κ3) is 1.56. The third-order valence-corrected chi connectivity index (χ3v) is 10.4. The van der Waals surface area contributed by atoms with Crippen molar-refractivity contribution < 1.29 is 4.79 Å². The van der Waals surface area contributed by atoms with Gasteiger partial charge in [-0.3, -0.25) is 4.79 Å². The molecule has 5 rings (SSSR count). The van der Waals surface area contributed by atoms with Crippen LogP contribution in [-0.4, -0.2) is 16.3 Å². The molecule has 0 aromatic heterocycles. The van der Waals surface area contributed by atoms with Crippen LogP contribution >= 0.6 is 11.8 Å². The van der Waals surface area contributed by atoms with Crippen LogP contribution in [-0.2, 0) is 4.79 Å². The van der Waals surface area contributed by atoms with Gasteiger partial charge >= 0.3 is 0 Å². The van der Waals surface area contributed by atoms with Crippen LogP contribution in [0.5, 0.6) is 0 Å². The maximum Gasteiger partial charge on any atom is 0.155 e. The van der Waals surface area contributed by atoms with E-state index in [1.54, 1.807) is 0 Å². The van der Waals surface area contributed by atoms with Crippen molar-refractivity contribution in [3.63, 3.8) is 0 Å². The monoisotopic (exact) mass is 316 g/mol. The largest absolute Gasteiger partial charge is 0.295 e. The second-order valence-electron chi connectivity index (χ2n) is 9.25. The molecule has 0 bridgehead atoms. The summed E-state index contributed by atoms with van der Waals surface area (Å²) in [5.74, 6) is 4.60. The lowest BCUT2D eigenvalue weighted by molar-refractivity contribution is -0.117. The van der Waals surface area contributed by atoms with Crippen LogP contribution in [0.15, 0.2) is 11.6 Å². The lowest BCUT2D eigenvalue weighted by atomic mass is 9.47. The quantitative estimate of drug-likeness (QED) is 0.585. The Morgan fingerprint density at radius 2 is 1.82 bits per heavy atom. The molecule has 4 fully saturated rings. The summed E-state index contributed by atoms with van der Waals surface area (Å²) >= 11 is 2.27. The van der Waals surface area contributed by atoms with Gasteiger partial charge in [-0.25, -0.2) is 0 Å². The molecule has 3 saturated carbocycles. The van der Waals surface area contributed by atoms with Gasteiger partial charge in [0.15, 0.2) is 5.78 Å². The van der Waals surface area contributed by atoms with E-state index in [-0.39, 0.29) is 0 Å². The van der Waals surface area contributed by atoms with Crippen molar-refractivity contribution in [3.05, 3.63) is 11.6 Å². The summed E-state index contributed by atoms with van der Waals surface area (Å²) in [7, 11) is 0. The van der Waals surface area contributed by atoms with E-state index in [9.17, 15) is 4.79 Å². The van der Waals surface area contributed by atoms with Crippen molar-refractivity contribution in [2.24, 2.45) is 28.6 Å². The van der Waals surface area contributed by atoms with Crippen LogP contribution in [0.25, 0.3) is 0 Å². The van der Waals surface area contributed by atoms with E-state index in [1.165, 1.54) is 49.9 Å². The normalized spacial score (nSPS) is 56.2. The average Bonchev–Trinajstić information content (AvgIpc) is 3.22. The van der Waals surface area contributed by atoms with Gasteiger partial charge in [-0.05, 0) is 79.6 Å². The van der Waals surface area contributed by atoms with Crippen LogP contribution in [0.3, 0.4) is 0 Å². The van der Waals surface area contributed by atoms with E-state index in [4.69, 9.17) is 0 Å². The lowest BCUT2D eigenvalue weighted by Crippen LogP contribution is -2.51. The molecule has 0 unspecified atom stereocenters. The molecule has 0 aromatic carbocycles.